The summed E-state index contributed by atoms with van der Waals surface area (Å²) in [6.45, 7) is 10.8. The van der Waals surface area contributed by atoms with Crippen LogP contribution in [0.4, 0.5) is 0 Å². The number of fused-ring (bicyclic) bond motifs is 1. The molecular formula is C25H34O5. The highest BCUT2D eigenvalue weighted by Crippen LogP contribution is 2.61. The zero-order chi connectivity index (χ0) is 21.9. The molecule has 5 atom stereocenters. The minimum Gasteiger partial charge on any atom is -0.497 e. The standard InChI is InChI=1S/C25H34O5/c1-17-6-11-22-24(3,21(17)15-29-18(2)27)13-12-23(25(22,4)16-26)30-14-19-7-9-20(28-5)10-8-19/h7-10,16,21-23H,1,6,11-15H2,2-5H3/t21-,22+,23-,24+,25-/m0/s1. The highest BCUT2D eigenvalue weighted by molar-refractivity contribution is 5.66. The van der Waals surface area contributed by atoms with Gasteiger partial charge in [0.25, 0.3) is 0 Å². The van der Waals surface area contributed by atoms with Gasteiger partial charge in [0.1, 0.15) is 12.0 Å². The fraction of sp³-hybridized carbons (Fsp3) is 0.600. The van der Waals surface area contributed by atoms with Crippen molar-refractivity contribution in [1.82, 2.24) is 0 Å². The van der Waals surface area contributed by atoms with Gasteiger partial charge < -0.3 is 19.0 Å². The molecular weight excluding hydrogens is 380 g/mol. The van der Waals surface area contributed by atoms with Gasteiger partial charge in [-0.15, -0.1) is 0 Å². The van der Waals surface area contributed by atoms with Crippen LogP contribution in [0.15, 0.2) is 36.4 Å². The lowest BCUT2D eigenvalue weighted by molar-refractivity contribution is -0.172. The van der Waals surface area contributed by atoms with Gasteiger partial charge in [-0.1, -0.05) is 38.1 Å². The molecule has 5 nitrogen and oxygen atoms in total. The maximum atomic E-state index is 12.4. The Balaban J connectivity index is 1.77. The van der Waals surface area contributed by atoms with Crippen LogP contribution in [0.1, 0.15) is 52.0 Å². The number of benzene rings is 1. The number of hydrogen-bond donors (Lipinski definition) is 0. The number of aldehydes is 1. The average Bonchev–Trinajstić information content (AvgIpc) is 2.72. The Morgan fingerprint density at radius 1 is 1.23 bits per heavy atom. The second kappa shape index (κ2) is 8.93. The summed E-state index contributed by atoms with van der Waals surface area (Å²) in [4.78, 5) is 23.9. The summed E-state index contributed by atoms with van der Waals surface area (Å²) in [5.74, 6) is 0.763. The molecule has 0 bridgehead atoms. The molecule has 164 valence electrons. The van der Waals surface area contributed by atoms with Gasteiger partial charge in [-0.2, -0.15) is 0 Å². The molecule has 3 rings (SSSR count). The third kappa shape index (κ3) is 4.18. The van der Waals surface area contributed by atoms with Gasteiger partial charge >= 0.3 is 5.97 Å². The lowest BCUT2D eigenvalue weighted by Gasteiger charge is -2.59. The molecule has 30 heavy (non-hydrogen) atoms. The predicted molar refractivity (Wildman–Crippen MR) is 115 cm³/mol. The van der Waals surface area contributed by atoms with E-state index in [0.717, 1.165) is 48.9 Å². The van der Waals surface area contributed by atoms with E-state index in [1.807, 2.05) is 31.2 Å². The van der Waals surface area contributed by atoms with Gasteiger partial charge in [0.05, 0.1) is 31.8 Å². The van der Waals surface area contributed by atoms with E-state index < -0.39 is 5.41 Å². The van der Waals surface area contributed by atoms with E-state index in [9.17, 15) is 9.59 Å². The Morgan fingerprint density at radius 3 is 2.53 bits per heavy atom. The van der Waals surface area contributed by atoms with Crippen molar-refractivity contribution < 1.29 is 23.8 Å². The molecule has 0 unspecified atom stereocenters. The first-order valence-corrected chi connectivity index (χ1v) is 10.8. The molecule has 0 radical (unpaired) electrons. The first-order chi connectivity index (χ1) is 14.2. The largest absolute Gasteiger partial charge is 0.497 e. The van der Waals surface area contributed by atoms with E-state index >= 15 is 0 Å². The Morgan fingerprint density at radius 2 is 1.93 bits per heavy atom. The lowest BCUT2D eigenvalue weighted by atomic mass is 9.47. The maximum Gasteiger partial charge on any atom is 0.302 e. The van der Waals surface area contributed by atoms with Gasteiger partial charge in [-0.05, 0) is 54.7 Å². The van der Waals surface area contributed by atoms with Crippen molar-refractivity contribution in [2.75, 3.05) is 13.7 Å². The molecule has 1 aromatic rings. The summed E-state index contributed by atoms with van der Waals surface area (Å²) in [6, 6.07) is 7.82. The van der Waals surface area contributed by atoms with Crippen molar-refractivity contribution in [2.45, 2.75) is 59.2 Å². The molecule has 1 aromatic carbocycles. The Bertz CT molecular complexity index is 785. The molecule has 0 saturated heterocycles. The third-order valence-electron chi connectivity index (χ3n) is 7.55. The van der Waals surface area contributed by atoms with Crippen LogP contribution < -0.4 is 4.74 Å². The number of methoxy groups -OCH3 is 1. The number of rotatable bonds is 7. The van der Waals surface area contributed by atoms with Crippen LogP contribution in [-0.4, -0.2) is 32.1 Å². The second-order valence-corrected chi connectivity index (χ2v) is 9.28. The summed E-state index contributed by atoms with van der Waals surface area (Å²) in [5.41, 5.74) is 1.46. The third-order valence-corrected chi connectivity index (χ3v) is 7.55. The Labute approximate surface area is 179 Å². The number of ether oxygens (including phenoxy) is 3. The molecule has 2 aliphatic carbocycles. The quantitative estimate of drug-likeness (QED) is 0.367. The minimum atomic E-state index is -0.589. The normalized spacial score (nSPS) is 33.5. The van der Waals surface area contributed by atoms with Gasteiger partial charge in [0, 0.05) is 12.8 Å². The Hall–Kier alpha value is -2.14. The highest BCUT2D eigenvalue weighted by Gasteiger charge is 2.58. The molecule has 2 aliphatic rings. The van der Waals surface area contributed by atoms with E-state index in [1.165, 1.54) is 6.92 Å². The van der Waals surface area contributed by atoms with Crippen molar-refractivity contribution in [3.05, 3.63) is 42.0 Å². The second-order valence-electron chi connectivity index (χ2n) is 9.28. The van der Waals surface area contributed by atoms with Crippen molar-refractivity contribution in [3.63, 3.8) is 0 Å². The fourth-order valence-electron chi connectivity index (χ4n) is 5.74. The van der Waals surface area contributed by atoms with Crippen LogP contribution >= 0.6 is 0 Å². The first-order valence-electron chi connectivity index (χ1n) is 10.8. The van der Waals surface area contributed by atoms with Gasteiger partial charge in [-0.25, -0.2) is 0 Å². The van der Waals surface area contributed by atoms with Gasteiger partial charge in [0.15, 0.2) is 0 Å². The van der Waals surface area contributed by atoms with E-state index in [4.69, 9.17) is 14.2 Å². The molecule has 0 N–H and O–H groups in total. The van der Waals surface area contributed by atoms with Crippen LogP contribution in [-0.2, 0) is 25.7 Å². The van der Waals surface area contributed by atoms with Crippen molar-refractivity contribution in [3.8, 4) is 5.75 Å². The molecule has 5 heteroatoms. The van der Waals surface area contributed by atoms with Crippen LogP contribution in [0.3, 0.4) is 0 Å². The van der Waals surface area contributed by atoms with Crippen molar-refractivity contribution in [1.29, 1.82) is 0 Å². The first kappa shape index (κ1) is 22.5. The maximum absolute atomic E-state index is 12.4. The summed E-state index contributed by atoms with van der Waals surface area (Å²) in [6.07, 6.45) is 4.42. The van der Waals surface area contributed by atoms with Gasteiger partial charge in [0.2, 0.25) is 0 Å². The zero-order valence-corrected chi connectivity index (χ0v) is 18.6. The minimum absolute atomic E-state index is 0.0713. The number of hydrogen-bond acceptors (Lipinski definition) is 5. The number of esters is 1. The predicted octanol–water partition coefficient (Wildman–Crippen LogP) is 4.73. The SMILES string of the molecule is C=C1CC[C@H]2[C@](C)(C=O)[C@@H](OCc3ccc(OC)cc3)CC[C@]2(C)[C@H]1COC(C)=O. The molecule has 0 amide bonds. The number of carbonyl (C=O) groups is 2. The van der Waals surface area contributed by atoms with E-state index in [1.54, 1.807) is 7.11 Å². The van der Waals surface area contributed by atoms with E-state index in [0.29, 0.717) is 13.2 Å². The fourth-order valence-corrected chi connectivity index (χ4v) is 5.74. The smallest absolute Gasteiger partial charge is 0.302 e. The zero-order valence-electron chi connectivity index (χ0n) is 18.6. The van der Waals surface area contributed by atoms with E-state index in [-0.39, 0.29) is 29.3 Å². The summed E-state index contributed by atoms with van der Waals surface area (Å²) < 4.78 is 16.9. The molecule has 2 fully saturated rings. The van der Waals surface area contributed by atoms with Crippen molar-refractivity contribution >= 4 is 12.3 Å². The topological polar surface area (TPSA) is 61.8 Å². The molecule has 0 heterocycles. The van der Waals surface area contributed by atoms with Crippen LogP contribution in [0, 0.1) is 22.7 Å². The molecule has 0 spiro atoms. The van der Waals surface area contributed by atoms with Crippen molar-refractivity contribution in [2.24, 2.45) is 22.7 Å². The van der Waals surface area contributed by atoms with Crippen LogP contribution in [0.5, 0.6) is 5.75 Å². The molecule has 0 aromatic heterocycles. The number of carbonyl (C=O) groups excluding carboxylic acids is 2. The average molecular weight is 415 g/mol. The monoisotopic (exact) mass is 414 g/mol. The lowest BCUT2D eigenvalue weighted by Crippen LogP contribution is -2.58. The van der Waals surface area contributed by atoms with Gasteiger partial charge in [-0.3, -0.25) is 4.79 Å². The summed E-state index contributed by atoms with van der Waals surface area (Å²) in [5, 5.41) is 0. The van der Waals surface area contributed by atoms with Crippen LogP contribution in [0.25, 0.3) is 0 Å². The Kier molecular flexibility index (Phi) is 6.71. The summed E-state index contributed by atoms with van der Waals surface area (Å²) in [7, 11) is 1.65. The highest BCUT2D eigenvalue weighted by atomic mass is 16.5. The molecule has 0 aliphatic heterocycles. The van der Waals surface area contributed by atoms with E-state index in [2.05, 4.69) is 13.5 Å². The van der Waals surface area contributed by atoms with Crippen LogP contribution in [0.2, 0.25) is 0 Å². The summed E-state index contributed by atoms with van der Waals surface area (Å²) >= 11 is 0. The molecule has 2 saturated carbocycles.